The summed E-state index contributed by atoms with van der Waals surface area (Å²) < 4.78 is 14.3. The smallest absolute Gasteiger partial charge is 0.255 e. The van der Waals surface area contributed by atoms with E-state index in [4.69, 9.17) is 0 Å². The molecule has 1 atom stereocenters. The summed E-state index contributed by atoms with van der Waals surface area (Å²) in [4.78, 5) is 28.6. The first-order valence-corrected chi connectivity index (χ1v) is 11.1. The largest absolute Gasteiger partial charge is 0.355 e. The number of hydrogen-bond donors (Lipinski definition) is 5. The first kappa shape index (κ1) is 19.9. The lowest BCUT2D eigenvalue weighted by Crippen LogP contribution is -2.54. The van der Waals surface area contributed by atoms with Crippen molar-refractivity contribution in [3.05, 3.63) is 59.4 Å². The summed E-state index contributed by atoms with van der Waals surface area (Å²) in [6, 6.07) is 6.81. The summed E-state index contributed by atoms with van der Waals surface area (Å²) in [7, 11) is 0. The molecular weight excluding hydrogens is 421 g/mol. The maximum atomic E-state index is 14.3. The number of carbonyl (C=O) groups excluding carboxylic acids is 1. The molecule has 1 amide bonds. The number of benzene rings is 1. The zero-order chi connectivity index (χ0) is 22.6. The van der Waals surface area contributed by atoms with E-state index in [0.717, 1.165) is 48.4 Å². The molecule has 2 aliphatic heterocycles. The summed E-state index contributed by atoms with van der Waals surface area (Å²) in [5.74, 6) is -0.446. The second kappa shape index (κ2) is 7.41. The Morgan fingerprint density at radius 1 is 1.18 bits per heavy atom. The fourth-order valence-electron chi connectivity index (χ4n) is 5.14. The number of aromatic nitrogens is 4. The van der Waals surface area contributed by atoms with Crippen LogP contribution in [0.4, 0.5) is 15.8 Å². The molecule has 4 aromatic rings. The molecule has 1 spiro atoms. The van der Waals surface area contributed by atoms with Crippen molar-refractivity contribution in [1.29, 1.82) is 0 Å². The van der Waals surface area contributed by atoms with Crippen LogP contribution < -0.4 is 16.0 Å². The van der Waals surface area contributed by atoms with E-state index in [1.807, 2.05) is 12.1 Å². The van der Waals surface area contributed by atoms with Gasteiger partial charge in [0.1, 0.15) is 5.82 Å². The molecule has 1 aromatic carbocycles. The van der Waals surface area contributed by atoms with Crippen molar-refractivity contribution in [2.75, 3.05) is 25.0 Å². The fraction of sp³-hybridized carbons (Fsp3) is 0.292. The number of halogens is 1. The van der Waals surface area contributed by atoms with Crippen molar-refractivity contribution in [1.82, 2.24) is 30.6 Å². The van der Waals surface area contributed by atoms with Crippen LogP contribution in [0.3, 0.4) is 0 Å². The molecule has 6 rings (SSSR count). The number of anilines is 2. The first-order valence-electron chi connectivity index (χ1n) is 11.1. The molecule has 0 saturated carbocycles. The Kier molecular flexibility index (Phi) is 4.48. The summed E-state index contributed by atoms with van der Waals surface area (Å²) in [6.07, 6.45) is 5.29. The van der Waals surface area contributed by atoms with Gasteiger partial charge in [0.25, 0.3) is 5.91 Å². The minimum absolute atomic E-state index is 0.143. The second-order valence-electron chi connectivity index (χ2n) is 8.87. The SMILES string of the molecule is Cc1c(F)cccc1Nc1c(-c2ccnc3nc[nH]c23)[nH]c2c1C(=O)NC[C@@]21CCCNC1. The molecule has 5 N–H and O–H groups in total. The highest BCUT2D eigenvalue weighted by Gasteiger charge is 2.44. The summed E-state index contributed by atoms with van der Waals surface area (Å²) in [6.45, 7) is 4.03. The number of imidazole rings is 1. The molecule has 8 nitrogen and oxygen atoms in total. The number of carbonyl (C=O) groups is 1. The number of nitrogens with one attached hydrogen (secondary N) is 5. The van der Waals surface area contributed by atoms with Gasteiger partial charge in [0.15, 0.2) is 5.65 Å². The highest BCUT2D eigenvalue weighted by atomic mass is 19.1. The van der Waals surface area contributed by atoms with E-state index in [0.29, 0.717) is 34.7 Å². The van der Waals surface area contributed by atoms with Gasteiger partial charge in [-0.15, -0.1) is 0 Å². The van der Waals surface area contributed by atoms with E-state index < -0.39 is 0 Å². The topological polar surface area (TPSA) is 111 Å². The highest BCUT2D eigenvalue weighted by molar-refractivity contribution is 6.08. The normalized spacial score (nSPS) is 20.1. The van der Waals surface area contributed by atoms with Gasteiger partial charge in [-0.05, 0) is 44.5 Å². The molecule has 9 heteroatoms. The molecule has 168 valence electrons. The lowest BCUT2D eigenvalue weighted by Gasteiger charge is -2.40. The maximum Gasteiger partial charge on any atom is 0.255 e. The number of H-pyrrole nitrogens is 2. The highest BCUT2D eigenvalue weighted by Crippen LogP contribution is 2.45. The minimum Gasteiger partial charge on any atom is -0.355 e. The Morgan fingerprint density at radius 2 is 2.09 bits per heavy atom. The van der Waals surface area contributed by atoms with E-state index in [-0.39, 0.29) is 17.1 Å². The number of nitrogens with zero attached hydrogens (tertiary/aromatic N) is 2. The number of pyridine rings is 1. The van der Waals surface area contributed by atoms with Crippen LogP contribution in [-0.4, -0.2) is 45.5 Å². The van der Waals surface area contributed by atoms with Crippen LogP contribution in [0, 0.1) is 12.7 Å². The summed E-state index contributed by atoms with van der Waals surface area (Å²) in [5, 5.41) is 9.99. The lowest BCUT2D eigenvalue weighted by atomic mass is 9.74. The van der Waals surface area contributed by atoms with Crippen LogP contribution in [0.15, 0.2) is 36.8 Å². The van der Waals surface area contributed by atoms with E-state index in [2.05, 4.69) is 35.9 Å². The van der Waals surface area contributed by atoms with Gasteiger partial charge < -0.3 is 25.9 Å². The quantitative estimate of drug-likeness (QED) is 0.332. The molecule has 0 radical (unpaired) electrons. The number of amides is 1. The Balaban J connectivity index is 1.62. The van der Waals surface area contributed by atoms with Gasteiger partial charge in [0.2, 0.25) is 0 Å². The van der Waals surface area contributed by atoms with Crippen LogP contribution in [0.2, 0.25) is 0 Å². The van der Waals surface area contributed by atoms with E-state index in [9.17, 15) is 9.18 Å². The van der Waals surface area contributed by atoms with Gasteiger partial charge in [-0.3, -0.25) is 4.79 Å². The van der Waals surface area contributed by atoms with Crippen molar-refractivity contribution in [2.24, 2.45) is 0 Å². The number of aromatic amines is 2. The van der Waals surface area contributed by atoms with Crippen molar-refractivity contribution in [3.8, 4) is 11.3 Å². The standard InChI is InChI=1S/C24H24FN7O/c1-13-15(25)4-2-5-16(13)31-20-17-21(24(11-28-23(17)33)7-3-8-26-10-24)32-18(20)14-6-9-27-22-19(14)29-12-30-22/h2,4-6,9,12,26,31-32H,3,7-8,10-11H2,1H3,(H,28,33)(H,27,29,30)/t24-/m0/s1. The second-order valence-corrected chi connectivity index (χ2v) is 8.87. The third kappa shape index (κ3) is 3.03. The zero-order valence-corrected chi connectivity index (χ0v) is 18.2. The molecule has 33 heavy (non-hydrogen) atoms. The third-order valence-electron chi connectivity index (χ3n) is 6.94. The van der Waals surface area contributed by atoms with Gasteiger partial charge in [-0.2, -0.15) is 0 Å². The van der Waals surface area contributed by atoms with Crippen molar-refractivity contribution >= 4 is 28.4 Å². The van der Waals surface area contributed by atoms with E-state index >= 15 is 0 Å². The lowest BCUT2D eigenvalue weighted by molar-refractivity contribution is 0.0916. The Hall–Kier alpha value is -3.72. The van der Waals surface area contributed by atoms with E-state index in [1.165, 1.54) is 6.07 Å². The molecule has 1 saturated heterocycles. The number of rotatable bonds is 3. The van der Waals surface area contributed by atoms with Crippen LogP contribution >= 0.6 is 0 Å². The van der Waals surface area contributed by atoms with Crippen molar-refractivity contribution in [2.45, 2.75) is 25.2 Å². The fourth-order valence-corrected chi connectivity index (χ4v) is 5.14. The number of fused-ring (bicyclic) bond motifs is 3. The Morgan fingerprint density at radius 3 is 2.94 bits per heavy atom. The summed E-state index contributed by atoms with van der Waals surface area (Å²) >= 11 is 0. The van der Waals surface area contributed by atoms with Crippen LogP contribution in [0.25, 0.3) is 22.4 Å². The van der Waals surface area contributed by atoms with Crippen LogP contribution in [-0.2, 0) is 5.41 Å². The molecule has 5 heterocycles. The van der Waals surface area contributed by atoms with Gasteiger partial charge in [0.05, 0.1) is 28.8 Å². The first-order chi connectivity index (χ1) is 16.1. The van der Waals surface area contributed by atoms with Crippen LogP contribution in [0.1, 0.15) is 34.5 Å². The Bertz CT molecular complexity index is 1380. The van der Waals surface area contributed by atoms with Gasteiger partial charge >= 0.3 is 0 Å². The minimum atomic E-state index is -0.303. The molecule has 1 fully saturated rings. The van der Waals surface area contributed by atoms with Gasteiger partial charge in [-0.25, -0.2) is 14.4 Å². The van der Waals surface area contributed by atoms with Crippen molar-refractivity contribution in [3.63, 3.8) is 0 Å². The predicted octanol–water partition coefficient (Wildman–Crippen LogP) is 3.51. The average molecular weight is 446 g/mol. The van der Waals surface area contributed by atoms with Crippen molar-refractivity contribution < 1.29 is 9.18 Å². The van der Waals surface area contributed by atoms with Gasteiger partial charge in [0, 0.05) is 47.2 Å². The Labute approximate surface area is 189 Å². The monoisotopic (exact) mass is 445 g/mol. The van der Waals surface area contributed by atoms with Gasteiger partial charge in [-0.1, -0.05) is 6.07 Å². The molecule has 3 aromatic heterocycles. The predicted molar refractivity (Wildman–Crippen MR) is 124 cm³/mol. The molecule has 0 bridgehead atoms. The maximum absolute atomic E-state index is 14.3. The van der Waals surface area contributed by atoms with E-state index in [1.54, 1.807) is 25.5 Å². The zero-order valence-electron chi connectivity index (χ0n) is 18.2. The average Bonchev–Trinajstić information content (AvgIpc) is 3.46. The third-order valence-corrected chi connectivity index (χ3v) is 6.94. The molecular formula is C24H24FN7O. The molecule has 0 unspecified atom stereocenters. The number of hydrogen-bond acceptors (Lipinski definition) is 5. The summed E-state index contributed by atoms with van der Waals surface area (Å²) in [5.41, 5.74) is 5.95. The molecule has 2 aliphatic rings. The number of piperidine rings is 1. The van der Waals surface area contributed by atoms with Crippen LogP contribution in [0.5, 0.6) is 0 Å². The molecule has 0 aliphatic carbocycles.